The molecule has 0 bridgehead atoms. The molecule has 0 aliphatic carbocycles. The van der Waals surface area contributed by atoms with Crippen LogP contribution in [0.1, 0.15) is 5.69 Å². The Labute approximate surface area is 101 Å². The van der Waals surface area contributed by atoms with Crippen LogP contribution in [0, 0.1) is 17.5 Å². The van der Waals surface area contributed by atoms with E-state index in [1.54, 1.807) is 0 Å². The van der Waals surface area contributed by atoms with Crippen LogP contribution >= 0.6 is 11.6 Å². The van der Waals surface area contributed by atoms with Crippen molar-refractivity contribution in [2.24, 2.45) is 0 Å². The highest BCUT2D eigenvalue weighted by Gasteiger charge is 2.34. The number of pyridine rings is 1. The van der Waals surface area contributed by atoms with Gasteiger partial charge in [0.05, 0.1) is 10.4 Å². The molecule has 0 aliphatic rings. The molecule has 0 amide bonds. The van der Waals surface area contributed by atoms with E-state index in [0.717, 1.165) is 0 Å². The van der Waals surface area contributed by atoms with Crippen LogP contribution in [0.5, 0.6) is 0 Å². The Morgan fingerprint density at radius 1 is 1.00 bits per heavy atom. The van der Waals surface area contributed by atoms with Crippen LogP contribution in [0.15, 0.2) is 12.1 Å². The minimum atomic E-state index is -4.87. The summed E-state index contributed by atoms with van der Waals surface area (Å²) in [5.74, 6) is -4.52. The van der Waals surface area contributed by atoms with Crippen molar-refractivity contribution >= 4 is 22.5 Å². The molecule has 8 heteroatoms. The molecule has 2 aromatic rings. The molecule has 1 aromatic carbocycles. The van der Waals surface area contributed by atoms with E-state index < -0.39 is 45.2 Å². The quantitative estimate of drug-likeness (QED) is 0.519. The van der Waals surface area contributed by atoms with Crippen LogP contribution in [0.3, 0.4) is 0 Å². The monoisotopic (exact) mass is 285 g/mol. The summed E-state index contributed by atoms with van der Waals surface area (Å²) in [6, 6.07) is 0.424. The number of fused-ring (bicyclic) bond motifs is 1. The molecule has 0 saturated heterocycles. The van der Waals surface area contributed by atoms with Crippen LogP contribution in [0.25, 0.3) is 10.9 Å². The first-order chi connectivity index (χ1) is 8.21. The maximum atomic E-state index is 13.3. The Kier molecular flexibility index (Phi) is 2.89. The summed E-state index contributed by atoms with van der Waals surface area (Å²) in [6.45, 7) is 0. The van der Waals surface area contributed by atoms with E-state index in [4.69, 9.17) is 11.6 Å². The lowest BCUT2D eigenvalue weighted by molar-refractivity contribution is -0.140. The number of benzene rings is 1. The fourth-order valence-electron chi connectivity index (χ4n) is 1.40. The molecule has 18 heavy (non-hydrogen) atoms. The second kappa shape index (κ2) is 4.01. The number of rotatable bonds is 0. The summed E-state index contributed by atoms with van der Waals surface area (Å²) in [5.41, 5.74) is -2.45. The van der Waals surface area contributed by atoms with Crippen molar-refractivity contribution in [3.05, 3.63) is 40.3 Å². The first-order valence-electron chi connectivity index (χ1n) is 4.42. The van der Waals surface area contributed by atoms with Crippen molar-refractivity contribution in [1.82, 2.24) is 4.98 Å². The zero-order valence-electron chi connectivity index (χ0n) is 8.25. The molecular weight excluding hydrogens is 284 g/mol. The van der Waals surface area contributed by atoms with Gasteiger partial charge in [0.2, 0.25) is 0 Å². The molecule has 1 nitrogen and oxygen atoms in total. The molecule has 2 rings (SSSR count). The van der Waals surface area contributed by atoms with E-state index in [-0.39, 0.29) is 6.07 Å². The lowest BCUT2D eigenvalue weighted by Gasteiger charge is -2.09. The summed E-state index contributed by atoms with van der Waals surface area (Å²) in [7, 11) is 0. The van der Waals surface area contributed by atoms with Gasteiger partial charge in [-0.2, -0.15) is 13.2 Å². The standard InChI is InChI=1S/C10H2ClF6N/c11-3-1-6(10(15,16)17)18-9-5(13)2-4(12)8(14)7(3)9/h1-2H. The van der Waals surface area contributed by atoms with Gasteiger partial charge in [0, 0.05) is 6.07 Å². The van der Waals surface area contributed by atoms with Crippen molar-refractivity contribution in [2.75, 3.05) is 0 Å². The predicted octanol–water partition coefficient (Wildman–Crippen LogP) is 4.32. The van der Waals surface area contributed by atoms with E-state index in [2.05, 4.69) is 4.98 Å². The van der Waals surface area contributed by atoms with Crippen LogP contribution in [0.4, 0.5) is 26.3 Å². The number of hydrogen-bond donors (Lipinski definition) is 0. The summed E-state index contributed by atoms with van der Waals surface area (Å²) in [6.07, 6.45) is -4.87. The second-order valence-corrected chi connectivity index (χ2v) is 3.77. The van der Waals surface area contributed by atoms with Crippen LogP contribution in [-0.2, 0) is 6.18 Å². The normalized spacial score (nSPS) is 12.2. The summed E-state index contributed by atoms with van der Waals surface area (Å²) < 4.78 is 76.7. The first kappa shape index (κ1) is 12.9. The third kappa shape index (κ3) is 1.98. The second-order valence-electron chi connectivity index (χ2n) is 3.36. The maximum Gasteiger partial charge on any atom is 0.433 e. The Morgan fingerprint density at radius 2 is 1.61 bits per heavy atom. The van der Waals surface area contributed by atoms with Gasteiger partial charge in [0.25, 0.3) is 0 Å². The van der Waals surface area contributed by atoms with Gasteiger partial charge in [0.1, 0.15) is 11.2 Å². The molecule has 0 saturated carbocycles. The van der Waals surface area contributed by atoms with Gasteiger partial charge in [0.15, 0.2) is 17.5 Å². The van der Waals surface area contributed by atoms with Gasteiger partial charge >= 0.3 is 6.18 Å². The van der Waals surface area contributed by atoms with Crippen molar-refractivity contribution < 1.29 is 26.3 Å². The number of halogens is 7. The van der Waals surface area contributed by atoms with Crippen molar-refractivity contribution in [3.8, 4) is 0 Å². The summed E-state index contributed by atoms with van der Waals surface area (Å²) >= 11 is 5.40. The third-order valence-electron chi connectivity index (χ3n) is 2.17. The van der Waals surface area contributed by atoms with E-state index in [1.165, 1.54) is 0 Å². The van der Waals surface area contributed by atoms with Gasteiger partial charge in [-0.25, -0.2) is 18.2 Å². The van der Waals surface area contributed by atoms with E-state index in [9.17, 15) is 26.3 Å². The van der Waals surface area contributed by atoms with Gasteiger partial charge in [-0.1, -0.05) is 11.6 Å². The smallest absolute Gasteiger partial charge is 0.240 e. The van der Waals surface area contributed by atoms with Gasteiger partial charge in [-0.3, -0.25) is 0 Å². The molecule has 0 atom stereocenters. The zero-order chi connectivity index (χ0) is 13.7. The SMILES string of the molecule is Fc1cc(F)c2nc(C(F)(F)F)cc(Cl)c2c1F. The molecule has 96 valence electrons. The molecule has 0 fully saturated rings. The predicted molar refractivity (Wildman–Crippen MR) is 51.6 cm³/mol. The van der Waals surface area contributed by atoms with Crippen LogP contribution < -0.4 is 0 Å². The average molecular weight is 286 g/mol. The van der Waals surface area contributed by atoms with Crippen molar-refractivity contribution in [3.63, 3.8) is 0 Å². The van der Waals surface area contributed by atoms with E-state index in [1.807, 2.05) is 0 Å². The Hall–Kier alpha value is -1.50. The average Bonchev–Trinajstić information content (AvgIpc) is 2.24. The lowest BCUT2D eigenvalue weighted by atomic mass is 10.1. The summed E-state index contributed by atoms with van der Waals surface area (Å²) in [4.78, 5) is 2.92. The Bertz CT molecular complexity index is 637. The molecule has 0 unspecified atom stereocenters. The van der Waals surface area contributed by atoms with Crippen LogP contribution in [0.2, 0.25) is 5.02 Å². The topological polar surface area (TPSA) is 12.9 Å². The fourth-order valence-corrected chi connectivity index (χ4v) is 1.68. The molecule has 0 radical (unpaired) electrons. The summed E-state index contributed by atoms with van der Waals surface area (Å²) in [5, 5.41) is -1.58. The molecule has 0 aliphatic heterocycles. The maximum absolute atomic E-state index is 13.3. The number of hydrogen-bond acceptors (Lipinski definition) is 1. The third-order valence-corrected chi connectivity index (χ3v) is 2.47. The van der Waals surface area contributed by atoms with Gasteiger partial charge < -0.3 is 0 Å². The Morgan fingerprint density at radius 3 is 2.17 bits per heavy atom. The zero-order valence-corrected chi connectivity index (χ0v) is 9.00. The first-order valence-corrected chi connectivity index (χ1v) is 4.80. The van der Waals surface area contributed by atoms with E-state index >= 15 is 0 Å². The molecule has 0 spiro atoms. The fraction of sp³-hybridized carbons (Fsp3) is 0.100. The Balaban J connectivity index is 2.91. The molecular formula is C10H2ClF6N. The number of aromatic nitrogens is 1. The number of alkyl halides is 3. The highest BCUT2D eigenvalue weighted by atomic mass is 35.5. The highest BCUT2D eigenvalue weighted by Crippen LogP contribution is 2.35. The van der Waals surface area contributed by atoms with Crippen LogP contribution in [-0.4, -0.2) is 4.98 Å². The molecule has 0 N–H and O–H groups in total. The largest absolute Gasteiger partial charge is 0.433 e. The van der Waals surface area contributed by atoms with Gasteiger partial charge in [-0.05, 0) is 6.07 Å². The highest BCUT2D eigenvalue weighted by molar-refractivity contribution is 6.35. The van der Waals surface area contributed by atoms with Crippen molar-refractivity contribution in [2.45, 2.75) is 6.18 Å². The minimum absolute atomic E-state index is 0.112. The number of nitrogens with zero attached hydrogens (tertiary/aromatic N) is 1. The lowest BCUT2D eigenvalue weighted by Crippen LogP contribution is -2.09. The minimum Gasteiger partial charge on any atom is -0.240 e. The molecule has 1 heterocycles. The molecule has 1 aromatic heterocycles. The van der Waals surface area contributed by atoms with Crippen molar-refractivity contribution in [1.29, 1.82) is 0 Å². The van der Waals surface area contributed by atoms with E-state index in [0.29, 0.717) is 6.07 Å². The van der Waals surface area contributed by atoms with Gasteiger partial charge in [-0.15, -0.1) is 0 Å².